The molecule has 2 aliphatic rings. The Morgan fingerprint density at radius 3 is 2.71 bits per heavy atom. The van der Waals surface area contributed by atoms with E-state index < -0.39 is 0 Å². The van der Waals surface area contributed by atoms with Crippen molar-refractivity contribution in [3.63, 3.8) is 0 Å². The van der Waals surface area contributed by atoms with Crippen molar-refractivity contribution in [3.05, 3.63) is 65.2 Å². The first-order valence-corrected chi connectivity index (χ1v) is 8.24. The Balaban J connectivity index is 1.74. The number of carbonyl (C=O) groups is 2. The smallest absolute Gasteiger partial charge is 0.223 e. The molecule has 4 nitrogen and oxygen atoms in total. The van der Waals surface area contributed by atoms with E-state index in [1.54, 1.807) is 7.11 Å². The van der Waals surface area contributed by atoms with Crippen molar-refractivity contribution in [1.82, 2.24) is 4.90 Å². The van der Waals surface area contributed by atoms with Crippen LogP contribution in [-0.2, 0) is 11.2 Å². The van der Waals surface area contributed by atoms with Crippen molar-refractivity contribution in [2.24, 2.45) is 5.92 Å². The van der Waals surface area contributed by atoms with Crippen LogP contribution in [-0.4, -0.2) is 30.2 Å². The van der Waals surface area contributed by atoms with Gasteiger partial charge < -0.3 is 9.64 Å². The van der Waals surface area contributed by atoms with Crippen LogP contribution in [0.2, 0.25) is 0 Å². The normalized spacial score (nSPS) is 22.0. The van der Waals surface area contributed by atoms with Crippen molar-refractivity contribution >= 4 is 11.7 Å². The third-order valence-electron chi connectivity index (χ3n) is 5.12. The van der Waals surface area contributed by atoms with E-state index in [4.69, 9.17) is 4.74 Å². The first-order chi connectivity index (χ1) is 11.7. The minimum atomic E-state index is -0.313. The molecule has 0 bridgehead atoms. The number of methoxy groups -OCH3 is 1. The van der Waals surface area contributed by atoms with Gasteiger partial charge in [0.05, 0.1) is 19.1 Å². The highest BCUT2D eigenvalue weighted by atomic mass is 16.5. The summed E-state index contributed by atoms with van der Waals surface area (Å²) in [5.74, 6) is 0.640. The minimum absolute atomic E-state index is 0.0557. The summed E-state index contributed by atoms with van der Waals surface area (Å²) >= 11 is 0. The molecule has 0 spiro atoms. The Morgan fingerprint density at radius 1 is 1.17 bits per heavy atom. The Morgan fingerprint density at radius 2 is 1.96 bits per heavy atom. The fraction of sp³-hybridized carbons (Fsp3) is 0.300. The minimum Gasteiger partial charge on any atom is -0.497 e. The molecule has 0 unspecified atom stereocenters. The van der Waals surface area contributed by atoms with Gasteiger partial charge in [0, 0.05) is 18.5 Å². The standard InChI is InChI=1S/C20H19NO3/c1-24-15-7-8-16-14(11-15)9-10-21-18(22)12-17(19(16)21)20(23)13-5-3-2-4-6-13/h2-8,11,17,19H,9-10,12H2,1H3/t17-,19+/m1/s1. The maximum atomic E-state index is 13.0. The number of hydrogen-bond donors (Lipinski definition) is 0. The molecule has 2 atom stereocenters. The fourth-order valence-corrected chi connectivity index (χ4v) is 3.95. The summed E-state index contributed by atoms with van der Waals surface area (Å²) in [5.41, 5.74) is 2.94. The van der Waals surface area contributed by atoms with E-state index in [2.05, 4.69) is 0 Å². The molecule has 4 heteroatoms. The Labute approximate surface area is 141 Å². The first kappa shape index (κ1) is 14.9. The van der Waals surface area contributed by atoms with Gasteiger partial charge >= 0.3 is 0 Å². The molecule has 2 heterocycles. The van der Waals surface area contributed by atoms with Crippen LogP contribution in [0.25, 0.3) is 0 Å². The summed E-state index contributed by atoms with van der Waals surface area (Å²) in [4.78, 5) is 27.3. The van der Waals surface area contributed by atoms with Gasteiger partial charge in [-0.05, 0) is 29.7 Å². The zero-order valence-electron chi connectivity index (χ0n) is 13.6. The van der Waals surface area contributed by atoms with E-state index in [-0.39, 0.29) is 23.7 Å². The summed E-state index contributed by atoms with van der Waals surface area (Å²) in [7, 11) is 1.65. The van der Waals surface area contributed by atoms with Crippen LogP contribution in [0.15, 0.2) is 48.5 Å². The number of ether oxygens (including phenoxy) is 1. The van der Waals surface area contributed by atoms with Gasteiger partial charge in [-0.15, -0.1) is 0 Å². The summed E-state index contributed by atoms with van der Waals surface area (Å²) in [6.07, 6.45) is 1.10. The molecular formula is C20H19NO3. The second kappa shape index (κ2) is 5.78. The molecule has 1 fully saturated rings. The molecule has 0 aliphatic carbocycles. The van der Waals surface area contributed by atoms with E-state index in [0.29, 0.717) is 18.5 Å². The third-order valence-corrected chi connectivity index (χ3v) is 5.12. The molecular weight excluding hydrogens is 302 g/mol. The van der Waals surface area contributed by atoms with Gasteiger partial charge in [-0.3, -0.25) is 9.59 Å². The molecule has 0 saturated carbocycles. The van der Waals surface area contributed by atoms with Gasteiger partial charge in [0.2, 0.25) is 5.91 Å². The maximum absolute atomic E-state index is 13.0. The Hall–Kier alpha value is -2.62. The maximum Gasteiger partial charge on any atom is 0.223 e. The number of nitrogens with zero attached hydrogens (tertiary/aromatic N) is 1. The van der Waals surface area contributed by atoms with Crippen LogP contribution in [0.3, 0.4) is 0 Å². The number of carbonyl (C=O) groups excluding carboxylic acids is 2. The number of amides is 1. The molecule has 1 saturated heterocycles. The lowest BCUT2D eigenvalue weighted by molar-refractivity contribution is -0.129. The van der Waals surface area contributed by atoms with E-state index in [9.17, 15) is 9.59 Å². The molecule has 0 aromatic heterocycles. The third kappa shape index (κ3) is 2.30. The predicted molar refractivity (Wildman–Crippen MR) is 90.0 cm³/mol. The lowest BCUT2D eigenvalue weighted by atomic mass is 9.83. The van der Waals surface area contributed by atoms with Crippen LogP contribution in [0.1, 0.15) is 33.9 Å². The number of rotatable bonds is 3. The van der Waals surface area contributed by atoms with E-state index in [1.165, 1.54) is 5.56 Å². The number of Topliss-reactive ketones (excluding diaryl/α,β-unsaturated/α-hetero) is 1. The molecule has 24 heavy (non-hydrogen) atoms. The average molecular weight is 321 g/mol. The number of ketones is 1. The van der Waals surface area contributed by atoms with Gasteiger partial charge in [0.1, 0.15) is 5.75 Å². The van der Waals surface area contributed by atoms with Crippen molar-refractivity contribution in [2.75, 3.05) is 13.7 Å². The van der Waals surface area contributed by atoms with Crippen molar-refractivity contribution < 1.29 is 14.3 Å². The average Bonchev–Trinajstić information content (AvgIpc) is 2.98. The summed E-state index contributed by atoms with van der Waals surface area (Å²) in [6, 6.07) is 15.1. The second-order valence-corrected chi connectivity index (χ2v) is 6.39. The predicted octanol–water partition coefficient (Wildman–Crippen LogP) is 3.02. The molecule has 2 aliphatic heterocycles. The van der Waals surface area contributed by atoms with E-state index >= 15 is 0 Å². The number of benzene rings is 2. The molecule has 122 valence electrons. The topological polar surface area (TPSA) is 46.6 Å². The first-order valence-electron chi connectivity index (χ1n) is 8.24. The molecule has 0 radical (unpaired) electrons. The van der Waals surface area contributed by atoms with Gasteiger partial charge in [0.25, 0.3) is 0 Å². The SMILES string of the molecule is COc1ccc2c(c1)CCN1C(=O)C[C@@H](C(=O)c3ccccc3)[C@H]21. The highest BCUT2D eigenvalue weighted by molar-refractivity contribution is 6.02. The van der Waals surface area contributed by atoms with Gasteiger partial charge in [-0.1, -0.05) is 36.4 Å². The summed E-state index contributed by atoms with van der Waals surface area (Å²) in [5, 5.41) is 0. The van der Waals surface area contributed by atoms with Crippen LogP contribution >= 0.6 is 0 Å². The lowest BCUT2D eigenvalue weighted by Gasteiger charge is -2.34. The van der Waals surface area contributed by atoms with Crippen molar-refractivity contribution in [3.8, 4) is 5.75 Å². The molecule has 4 rings (SSSR count). The van der Waals surface area contributed by atoms with Crippen LogP contribution in [0.5, 0.6) is 5.75 Å². The lowest BCUT2D eigenvalue weighted by Crippen LogP contribution is -2.36. The van der Waals surface area contributed by atoms with E-state index in [1.807, 2.05) is 53.4 Å². The number of fused-ring (bicyclic) bond motifs is 3. The largest absolute Gasteiger partial charge is 0.497 e. The van der Waals surface area contributed by atoms with Gasteiger partial charge in [0.15, 0.2) is 5.78 Å². The van der Waals surface area contributed by atoms with Crippen molar-refractivity contribution in [2.45, 2.75) is 18.9 Å². The molecule has 0 N–H and O–H groups in total. The van der Waals surface area contributed by atoms with Crippen molar-refractivity contribution in [1.29, 1.82) is 0 Å². The van der Waals surface area contributed by atoms with Crippen LogP contribution in [0, 0.1) is 5.92 Å². The zero-order valence-corrected chi connectivity index (χ0v) is 13.6. The highest BCUT2D eigenvalue weighted by Gasteiger charge is 2.46. The Kier molecular flexibility index (Phi) is 3.60. The quantitative estimate of drug-likeness (QED) is 0.816. The fourth-order valence-electron chi connectivity index (χ4n) is 3.95. The van der Waals surface area contributed by atoms with E-state index in [0.717, 1.165) is 17.7 Å². The number of hydrogen-bond acceptors (Lipinski definition) is 3. The van der Waals surface area contributed by atoms with Crippen LogP contribution in [0.4, 0.5) is 0 Å². The van der Waals surface area contributed by atoms with Crippen LogP contribution < -0.4 is 4.74 Å². The molecule has 2 aromatic carbocycles. The van der Waals surface area contributed by atoms with Gasteiger partial charge in [-0.2, -0.15) is 0 Å². The summed E-state index contributed by atoms with van der Waals surface area (Å²) < 4.78 is 5.31. The monoisotopic (exact) mass is 321 g/mol. The Bertz CT molecular complexity index is 800. The zero-order chi connectivity index (χ0) is 16.7. The highest BCUT2D eigenvalue weighted by Crippen LogP contribution is 2.44. The van der Waals surface area contributed by atoms with Gasteiger partial charge in [-0.25, -0.2) is 0 Å². The second-order valence-electron chi connectivity index (χ2n) is 6.39. The molecule has 1 amide bonds. The molecule has 2 aromatic rings. The summed E-state index contributed by atoms with van der Waals surface area (Å²) in [6.45, 7) is 0.669.